The summed E-state index contributed by atoms with van der Waals surface area (Å²) in [4.78, 5) is 10.4. The van der Waals surface area contributed by atoms with Crippen LogP contribution in [-0.4, -0.2) is 16.1 Å². The second kappa shape index (κ2) is 2.49. The molecule has 0 aromatic rings. The number of hydrogen-bond acceptors (Lipinski definition) is 3. The van der Waals surface area contributed by atoms with Crippen LogP contribution in [0.25, 0.3) is 0 Å². The number of rotatable bonds is 0. The lowest BCUT2D eigenvalue weighted by Crippen LogP contribution is -2.45. The maximum Gasteiger partial charge on any atom is 0.340 e. The van der Waals surface area contributed by atoms with Gasteiger partial charge in [-0.15, -0.1) is 0 Å². The third-order valence-electron chi connectivity index (χ3n) is 1.05. The van der Waals surface area contributed by atoms with Crippen LogP contribution in [0.3, 0.4) is 0 Å². The Balaban J connectivity index is 2.81. The van der Waals surface area contributed by atoms with E-state index in [2.05, 4.69) is 0 Å². The van der Waals surface area contributed by atoms with Crippen LogP contribution in [0.15, 0.2) is 24.0 Å². The number of allylic oxidation sites excluding steroid dienone is 2. The summed E-state index contributed by atoms with van der Waals surface area (Å²) in [5.41, 5.74) is 6.65. The summed E-state index contributed by atoms with van der Waals surface area (Å²) in [5, 5.41) is 9.35. The van der Waals surface area contributed by atoms with E-state index in [4.69, 9.17) is 10.8 Å². The summed E-state index contributed by atoms with van der Waals surface area (Å²) in [7, 11) is 0. The summed E-state index contributed by atoms with van der Waals surface area (Å²) in [6.45, 7) is 0. The Morgan fingerprint density at radius 1 is 1.73 bits per heavy atom. The first kappa shape index (κ1) is 7.39. The van der Waals surface area contributed by atoms with Crippen LogP contribution in [0.4, 0.5) is 9.18 Å². The van der Waals surface area contributed by atoms with Crippen molar-refractivity contribution in [2.75, 3.05) is 0 Å². The summed E-state index contributed by atoms with van der Waals surface area (Å²) in [6.07, 6.45) is 1.98. The summed E-state index contributed by atoms with van der Waals surface area (Å²) < 4.78 is 12.3. The predicted octanol–water partition coefficient (Wildman–Crippen LogP) is 0.0956. The second-order valence-electron chi connectivity index (χ2n) is 1.82. The van der Waals surface area contributed by atoms with Crippen molar-refractivity contribution < 1.29 is 14.3 Å². The molecule has 0 fully saturated rings. The number of primary amides is 1. The number of halogens is 1. The highest BCUT2D eigenvalue weighted by Gasteiger charge is 2.17. The number of carbonyl (C=O) groups excluding carboxylic acids is 1. The first-order valence-electron chi connectivity index (χ1n) is 2.74. The highest BCUT2D eigenvalue weighted by atomic mass is 19.1. The number of aliphatic hydroxyl groups excluding tert-OH is 1. The molecule has 0 spiro atoms. The maximum absolute atomic E-state index is 12.3. The molecule has 2 amide bonds. The second-order valence-corrected chi connectivity index (χ2v) is 1.82. The molecule has 60 valence electrons. The average molecular weight is 159 g/mol. The van der Waals surface area contributed by atoms with E-state index in [1.165, 1.54) is 0 Å². The molecule has 0 atom stereocenters. The SMILES string of the molecule is NC(=O)N1NC(F)=CC=C1O. The lowest BCUT2D eigenvalue weighted by atomic mass is 10.5. The summed E-state index contributed by atoms with van der Waals surface area (Å²) in [5.74, 6) is -1.21. The van der Waals surface area contributed by atoms with E-state index >= 15 is 0 Å². The van der Waals surface area contributed by atoms with Gasteiger partial charge in [0.15, 0.2) is 0 Å². The smallest absolute Gasteiger partial charge is 0.340 e. The van der Waals surface area contributed by atoms with E-state index in [0.29, 0.717) is 5.01 Å². The molecule has 0 radical (unpaired) electrons. The number of amides is 2. The van der Waals surface area contributed by atoms with Gasteiger partial charge in [0.1, 0.15) is 0 Å². The highest BCUT2D eigenvalue weighted by Crippen LogP contribution is 2.06. The highest BCUT2D eigenvalue weighted by molar-refractivity contribution is 5.73. The summed E-state index contributed by atoms with van der Waals surface area (Å²) in [6, 6.07) is -0.984. The molecule has 1 rings (SSSR count). The Labute approximate surface area is 61.6 Å². The van der Waals surface area contributed by atoms with Crippen LogP contribution >= 0.6 is 0 Å². The van der Waals surface area contributed by atoms with Gasteiger partial charge >= 0.3 is 6.03 Å². The Bertz CT molecular complexity index is 248. The lowest BCUT2D eigenvalue weighted by molar-refractivity contribution is 0.153. The minimum absolute atomic E-state index is 0.445. The fraction of sp³-hybridized carbons (Fsp3) is 0. The maximum atomic E-state index is 12.3. The fourth-order valence-corrected chi connectivity index (χ4v) is 0.592. The Morgan fingerprint density at radius 2 is 2.36 bits per heavy atom. The van der Waals surface area contributed by atoms with Gasteiger partial charge in [-0.1, -0.05) is 0 Å². The molecule has 0 aromatic heterocycles. The van der Waals surface area contributed by atoms with Crippen LogP contribution < -0.4 is 11.2 Å². The molecule has 0 saturated heterocycles. The largest absolute Gasteiger partial charge is 0.493 e. The fourth-order valence-electron chi connectivity index (χ4n) is 0.592. The first-order valence-corrected chi connectivity index (χ1v) is 2.74. The van der Waals surface area contributed by atoms with Gasteiger partial charge in [0, 0.05) is 6.08 Å². The molecule has 0 aliphatic carbocycles. The van der Waals surface area contributed by atoms with Crippen LogP contribution in [0.2, 0.25) is 0 Å². The number of urea groups is 1. The molecule has 1 aliphatic rings. The van der Waals surface area contributed by atoms with E-state index in [0.717, 1.165) is 12.2 Å². The zero-order chi connectivity index (χ0) is 8.43. The predicted molar refractivity (Wildman–Crippen MR) is 34.5 cm³/mol. The number of aliphatic hydroxyl groups is 1. The van der Waals surface area contributed by atoms with Gasteiger partial charge in [0.25, 0.3) is 0 Å². The number of hydrogen-bond donors (Lipinski definition) is 3. The van der Waals surface area contributed by atoms with Gasteiger partial charge in [-0.25, -0.2) is 4.79 Å². The van der Waals surface area contributed by atoms with E-state index in [1.807, 2.05) is 5.43 Å². The van der Waals surface area contributed by atoms with Gasteiger partial charge < -0.3 is 10.8 Å². The van der Waals surface area contributed by atoms with Gasteiger partial charge in [-0.05, 0) is 6.08 Å². The monoisotopic (exact) mass is 159 g/mol. The molecule has 5 nitrogen and oxygen atoms in total. The normalized spacial score (nSPS) is 16.6. The molecule has 0 unspecified atom stereocenters. The number of nitrogens with zero attached hydrogens (tertiary/aromatic N) is 1. The van der Waals surface area contributed by atoms with Gasteiger partial charge in [-0.3, -0.25) is 5.43 Å². The minimum Gasteiger partial charge on any atom is -0.493 e. The van der Waals surface area contributed by atoms with Gasteiger partial charge in [-0.2, -0.15) is 9.40 Å². The molecule has 1 heterocycles. The van der Waals surface area contributed by atoms with E-state index < -0.39 is 17.9 Å². The standard InChI is InChI=1S/C5H6FN3O2/c6-3-1-2-4(10)9(8-3)5(7)11/h1-2,8,10H,(H2,7,11). The lowest BCUT2D eigenvalue weighted by Gasteiger charge is -2.21. The molecule has 0 saturated carbocycles. The zero-order valence-corrected chi connectivity index (χ0v) is 5.41. The van der Waals surface area contributed by atoms with Crippen molar-refractivity contribution in [3.05, 3.63) is 24.0 Å². The topological polar surface area (TPSA) is 78.6 Å². The Kier molecular flexibility index (Phi) is 1.67. The average Bonchev–Trinajstić information content (AvgIpc) is 1.94. The van der Waals surface area contributed by atoms with E-state index in [-0.39, 0.29) is 0 Å². The number of carbonyl (C=O) groups is 1. The van der Waals surface area contributed by atoms with Gasteiger partial charge in [0.2, 0.25) is 11.8 Å². The van der Waals surface area contributed by atoms with Crippen molar-refractivity contribution in [1.82, 2.24) is 10.4 Å². The molecule has 1 aliphatic heterocycles. The van der Waals surface area contributed by atoms with Crippen molar-refractivity contribution in [2.45, 2.75) is 0 Å². The van der Waals surface area contributed by atoms with Crippen molar-refractivity contribution in [1.29, 1.82) is 0 Å². The van der Waals surface area contributed by atoms with Gasteiger partial charge in [0.05, 0.1) is 0 Å². The molecule has 0 aromatic carbocycles. The van der Waals surface area contributed by atoms with Crippen molar-refractivity contribution >= 4 is 6.03 Å². The molecule has 6 heteroatoms. The number of nitrogens with one attached hydrogen (secondary N) is 1. The van der Waals surface area contributed by atoms with Crippen LogP contribution in [0.5, 0.6) is 0 Å². The van der Waals surface area contributed by atoms with E-state index in [1.54, 1.807) is 0 Å². The van der Waals surface area contributed by atoms with Crippen LogP contribution in [0, 0.1) is 0 Å². The quantitative estimate of drug-likeness (QED) is 0.438. The Morgan fingerprint density at radius 3 is 2.82 bits per heavy atom. The minimum atomic E-state index is -0.984. The van der Waals surface area contributed by atoms with Crippen molar-refractivity contribution in [2.24, 2.45) is 5.73 Å². The van der Waals surface area contributed by atoms with Crippen LogP contribution in [-0.2, 0) is 0 Å². The third-order valence-corrected chi connectivity index (χ3v) is 1.05. The third kappa shape index (κ3) is 1.40. The molecular weight excluding hydrogens is 153 g/mol. The molecule has 11 heavy (non-hydrogen) atoms. The molecular formula is C5H6FN3O2. The van der Waals surface area contributed by atoms with Crippen molar-refractivity contribution in [3.63, 3.8) is 0 Å². The molecule has 4 N–H and O–H groups in total. The first-order chi connectivity index (χ1) is 5.11. The summed E-state index contributed by atoms with van der Waals surface area (Å²) >= 11 is 0. The van der Waals surface area contributed by atoms with Crippen LogP contribution in [0.1, 0.15) is 0 Å². The number of nitrogens with two attached hydrogens (primary N) is 1. The zero-order valence-electron chi connectivity index (χ0n) is 5.41. The Hall–Kier alpha value is -1.72. The molecule has 0 bridgehead atoms. The van der Waals surface area contributed by atoms with Crippen molar-refractivity contribution in [3.8, 4) is 0 Å². The van der Waals surface area contributed by atoms with E-state index in [9.17, 15) is 9.18 Å². The number of hydrazine groups is 1.